The van der Waals surface area contributed by atoms with Gasteiger partial charge in [-0.1, -0.05) is 42.5 Å². The second-order valence-corrected chi connectivity index (χ2v) is 6.03. The van der Waals surface area contributed by atoms with Crippen LogP contribution in [0.1, 0.15) is 26.3 Å². The average Bonchev–Trinajstić information content (AvgIpc) is 2.69. The van der Waals surface area contributed by atoms with Gasteiger partial charge in [0.25, 0.3) is 5.91 Å². The molecule has 0 radical (unpaired) electrons. The van der Waals surface area contributed by atoms with Crippen LogP contribution in [-0.2, 0) is 16.0 Å². The van der Waals surface area contributed by atoms with Crippen molar-refractivity contribution in [2.45, 2.75) is 12.5 Å². The Kier molecular flexibility index (Phi) is 5.31. The number of hydrogen-bond donors (Lipinski definition) is 1. The lowest BCUT2D eigenvalue weighted by Crippen LogP contribution is -2.58. The summed E-state index contributed by atoms with van der Waals surface area (Å²) in [6, 6.07) is 15.4. The molecular formula is C20H20N2O4. The van der Waals surface area contributed by atoms with Gasteiger partial charge in [-0.05, 0) is 17.7 Å². The summed E-state index contributed by atoms with van der Waals surface area (Å²) in [5, 5.41) is 2.81. The van der Waals surface area contributed by atoms with Gasteiger partial charge >= 0.3 is 5.97 Å². The van der Waals surface area contributed by atoms with E-state index in [2.05, 4.69) is 5.32 Å². The molecular weight excluding hydrogens is 332 g/mol. The van der Waals surface area contributed by atoms with Gasteiger partial charge in [0.05, 0.1) is 18.2 Å². The molecule has 6 heteroatoms. The Morgan fingerprint density at radius 1 is 1.08 bits per heavy atom. The van der Waals surface area contributed by atoms with E-state index in [4.69, 9.17) is 4.74 Å². The molecule has 1 fully saturated rings. The van der Waals surface area contributed by atoms with E-state index in [9.17, 15) is 14.4 Å². The number of benzene rings is 2. The highest BCUT2D eigenvalue weighted by Crippen LogP contribution is 2.19. The van der Waals surface area contributed by atoms with Crippen molar-refractivity contribution in [2.75, 3.05) is 20.2 Å². The Labute approximate surface area is 151 Å². The lowest BCUT2D eigenvalue weighted by molar-refractivity contribution is -0.127. The molecule has 0 aromatic heterocycles. The number of piperazine rings is 1. The highest BCUT2D eigenvalue weighted by atomic mass is 16.5. The first-order chi connectivity index (χ1) is 12.6. The maximum atomic E-state index is 13.1. The van der Waals surface area contributed by atoms with E-state index in [0.29, 0.717) is 19.5 Å². The van der Waals surface area contributed by atoms with Crippen LogP contribution in [-0.4, -0.2) is 48.9 Å². The van der Waals surface area contributed by atoms with Crippen LogP contribution in [0.2, 0.25) is 0 Å². The Balaban J connectivity index is 1.91. The minimum Gasteiger partial charge on any atom is -0.465 e. The first-order valence-corrected chi connectivity index (χ1v) is 8.41. The average molecular weight is 352 g/mol. The quantitative estimate of drug-likeness (QED) is 0.849. The molecule has 134 valence electrons. The van der Waals surface area contributed by atoms with Crippen LogP contribution in [0.15, 0.2) is 54.6 Å². The molecule has 0 saturated carbocycles. The second-order valence-electron chi connectivity index (χ2n) is 6.03. The largest absolute Gasteiger partial charge is 0.465 e. The number of rotatable bonds is 4. The minimum absolute atomic E-state index is 0.191. The van der Waals surface area contributed by atoms with Gasteiger partial charge in [-0.15, -0.1) is 0 Å². The van der Waals surface area contributed by atoms with Crippen LogP contribution in [0.4, 0.5) is 0 Å². The Morgan fingerprint density at radius 3 is 2.42 bits per heavy atom. The zero-order valence-corrected chi connectivity index (χ0v) is 14.5. The summed E-state index contributed by atoms with van der Waals surface area (Å²) in [6.45, 7) is 0.772. The summed E-state index contributed by atoms with van der Waals surface area (Å²) < 4.78 is 4.77. The van der Waals surface area contributed by atoms with Crippen LogP contribution < -0.4 is 5.32 Å². The van der Waals surface area contributed by atoms with Crippen molar-refractivity contribution in [3.05, 3.63) is 71.3 Å². The van der Waals surface area contributed by atoms with Crippen LogP contribution in [0, 0.1) is 0 Å². The summed E-state index contributed by atoms with van der Waals surface area (Å²) in [4.78, 5) is 39.1. The predicted molar refractivity (Wildman–Crippen MR) is 95.8 cm³/mol. The zero-order valence-electron chi connectivity index (χ0n) is 14.5. The number of methoxy groups -OCH3 is 1. The zero-order chi connectivity index (χ0) is 18.5. The number of amides is 2. The molecule has 0 aliphatic carbocycles. The smallest absolute Gasteiger partial charge is 0.338 e. The molecule has 6 nitrogen and oxygen atoms in total. The van der Waals surface area contributed by atoms with Crippen molar-refractivity contribution in [1.29, 1.82) is 0 Å². The summed E-state index contributed by atoms with van der Waals surface area (Å²) in [5.74, 6) is -1.11. The SMILES string of the molecule is COC(=O)c1ccccc1C(=O)N1CCNC(=O)C1Cc1ccccc1. The van der Waals surface area contributed by atoms with E-state index in [1.807, 2.05) is 30.3 Å². The second kappa shape index (κ2) is 7.82. The van der Waals surface area contributed by atoms with Crippen LogP contribution in [0.5, 0.6) is 0 Å². The number of ether oxygens (including phenoxy) is 1. The number of carbonyl (C=O) groups excluding carboxylic acids is 3. The third-order valence-electron chi connectivity index (χ3n) is 4.43. The fourth-order valence-corrected chi connectivity index (χ4v) is 3.11. The number of carbonyl (C=O) groups is 3. The molecule has 1 aliphatic rings. The van der Waals surface area contributed by atoms with Gasteiger partial charge in [0.1, 0.15) is 6.04 Å². The highest BCUT2D eigenvalue weighted by Gasteiger charge is 2.34. The van der Waals surface area contributed by atoms with Crippen molar-refractivity contribution in [1.82, 2.24) is 10.2 Å². The predicted octanol–water partition coefficient (Wildman–Crippen LogP) is 1.66. The third kappa shape index (κ3) is 3.59. The molecule has 1 atom stereocenters. The van der Waals surface area contributed by atoms with Crippen molar-refractivity contribution >= 4 is 17.8 Å². The minimum atomic E-state index is -0.621. The summed E-state index contributed by atoms with van der Waals surface area (Å²) in [7, 11) is 1.27. The van der Waals surface area contributed by atoms with E-state index >= 15 is 0 Å². The fourth-order valence-electron chi connectivity index (χ4n) is 3.11. The van der Waals surface area contributed by atoms with Gasteiger partial charge in [0.15, 0.2) is 0 Å². The molecule has 2 aromatic rings. The number of esters is 1. The van der Waals surface area contributed by atoms with Crippen molar-refractivity contribution in [3.8, 4) is 0 Å². The maximum absolute atomic E-state index is 13.1. The van der Waals surface area contributed by atoms with Crippen molar-refractivity contribution in [3.63, 3.8) is 0 Å². The van der Waals surface area contributed by atoms with Gasteiger partial charge < -0.3 is 15.0 Å². The lowest BCUT2D eigenvalue weighted by Gasteiger charge is -2.35. The van der Waals surface area contributed by atoms with Gasteiger partial charge in [-0.25, -0.2) is 4.79 Å². The van der Waals surface area contributed by atoms with Gasteiger partial charge in [-0.2, -0.15) is 0 Å². The maximum Gasteiger partial charge on any atom is 0.338 e. The highest BCUT2D eigenvalue weighted by molar-refractivity contribution is 6.06. The van der Waals surface area contributed by atoms with E-state index < -0.39 is 12.0 Å². The standard InChI is InChI=1S/C20H20N2O4/c1-26-20(25)16-10-6-5-9-15(16)19(24)22-12-11-21-18(23)17(22)13-14-7-3-2-4-8-14/h2-10,17H,11-13H2,1H3,(H,21,23). The van der Waals surface area contributed by atoms with E-state index in [1.54, 1.807) is 24.3 Å². The Morgan fingerprint density at radius 2 is 1.73 bits per heavy atom. The molecule has 1 aliphatic heterocycles. The van der Waals surface area contributed by atoms with Crippen LogP contribution in [0.3, 0.4) is 0 Å². The molecule has 1 saturated heterocycles. The molecule has 2 aromatic carbocycles. The summed E-state index contributed by atoms with van der Waals surface area (Å²) in [5.41, 5.74) is 1.41. The Bertz CT molecular complexity index is 820. The number of hydrogen-bond acceptors (Lipinski definition) is 4. The number of nitrogens with zero attached hydrogens (tertiary/aromatic N) is 1. The third-order valence-corrected chi connectivity index (χ3v) is 4.43. The number of nitrogens with one attached hydrogen (secondary N) is 1. The Hall–Kier alpha value is -3.15. The molecule has 0 bridgehead atoms. The van der Waals surface area contributed by atoms with Crippen molar-refractivity contribution < 1.29 is 19.1 Å². The van der Waals surface area contributed by atoms with E-state index in [-0.39, 0.29) is 22.9 Å². The topological polar surface area (TPSA) is 75.7 Å². The van der Waals surface area contributed by atoms with Gasteiger partial charge in [-0.3, -0.25) is 9.59 Å². The molecule has 1 heterocycles. The molecule has 3 rings (SSSR count). The van der Waals surface area contributed by atoms with E-state index in [0.717, 1.165) is 5.56 Å². The van der Waals surface area contributed by atoms with Crippen molar-refractivity contribution in [2.24, 2.45) is 0 Å². The normalized spacial score (nSPS) is 16.7. The van der Waals surface area contributed by atoms with Gasteiger partial charge in [0.2, 0.25) is 5.91 Å². The fraction of sp³-hybridized carbons (Fsp3) is 0.250. The van der Waals surface area contributed by atoms with E-state index in [1.165, 1.54) is 12.0 Å². The van der Waals surface area contributed by atoms with Crippen LogP contribution in [0.25, 0.3) is 0 Å². The van der Waals surface area contributed by atoms with Crippen LogP contribution >= 0.6 is 0 Å². The first kappa shape index (κ1) is 17.7. The summed E-state index contributed by atoms with van der Waals surface area (Å²) >= 11 is 0. The monoisotopic (exact) mass is 352 g/mol. The summed E-state index contributed by atoms with van der Waals surface area (Å²) in [6.07, 6.45) is 0.415. The molecule has 1 unspecified atom stereocenters. The molecule has 0 spiro atoms. The first-order valence-electron chi connectivity index (χ1n) is 8.41. The van der Waals surface area contributed by atoms with Gasteiger partial charge in [0, 0.05) is 19.5 Å². The molecule has 26 heavy (non-hydrogen) atoms. The molecule has 2 amide bonds. The molecule has 1 N–H and O–H groups in total. The lowest BCUT2D eigenvalue weighted by atomic mass is 9.99.